The van der Waals surface area contributed by atoms with Gasteiger partial charge < -0.3 is 10.2 Å². The van der Waals surface area contributed by atoms with Crippen LogP contribution in [0.15, 0.2) is 46.3 Å². The number of carboxylic acids is 1. The van der Waals surface area contributed by atoms with Crippen LogP contribution in [0.2, 0.25) is 0 Å². The van der Waals surface area contributed by atoms with Gasteiger partial charge in [-0.2, -0.15) is 0 Å². The third-order valence-electron chi connectivity index (χ3n) is 2.97. The van der Waals surface area contributed by atoms with Crippen molar-refractivity contribution in [3.05, 3.63) is 51.9 Å². The minimum atomic E-state index is -1.40. The van der Waals surface area contributed by atoms with Crippen LogP contribution < -0.4 is 0 Å². The van der Waals surface area contributed by atoms with Crippen LogP contribution in [0.4, 0.5) is 0 Å². The van der Waals surface area contributed by atoms with E-state index in [0.717, 1.165) is 22.2 Å². The van der Waals surface area contributed by atoms with Gasteiger partial charge in [0.25, 0.3) is 5.91 Å². The van der Waals surface area contributed by atoms with Crippen LogP contribution in [0.5, 0.6) is 0 Å². The normalized spacial score (nSPS) is 18.6. The van der Waals surface area contributed by atoms with Crippen LogP contribution in [0.1, 0.15) is 5.56 Å². The molecule has 1 atom stereocenters. The molecule has 1 aliphatic rings. The van der Waals surface area contributed by atoms with Crippen molar-refractivity contribution in [2.75, 3.05) is 6.61 Å². The van der Waals surface area contributed by atoms with Crippen LogP contribution in [0.25, 0.3) is 6.08 Å². The van der Waals surface area contributed by atoms with E-state index in [4.69, 9.17) is 34.0 Å². The topological polar surface area (TPSA) is 77.8 Å². The summed E-state index contributed by atoms with van der Waals surface area (Å²) in [7, 11) is 0. The van der Waals surface area contributed by atoms with Crippen LogP contribution in [0, 0.1) is 0 Å². The summed E-state index contributed by atoms with van der Waals surface area (Å²) in [6, 6.07) is 7.89. The molecule has 1 aromatic rings. The minimum Gasteiger partial charge on any atom is -0.480 e. The number of thioether (sulfide) groups is 1. The van der Waals surface area contributed by atoms with Crippen LogP contribution in [-0.2, 0) is 9.59 Å². The molecule has 1 heterocycles. The molecule has 120 valence electrons. The van der Waals surface area contributed by atoms with Crippen molar-refractivity contribution < 1.29 is 19.8 Å². The summed E-state index contributed by atoms with van der Waals surface area (Å²) in [4.78, 5) is 24.5. The lowest BCUT2D eigenvalue weighted by Crippen LogP contribution is -2.46. The van der Waals surface area contributed by atoms with Crippen molar-refractivity contribution >= 4 is 57.9 Å². The Balaban J connectivity index is 2.25. The number of carboxylic acid groups (broad SMARTS) is 1. The first kappa shape index (κ1) is 17.7. The number of allylic oxidation sites excluding steroid dienone is 2. The number of aliphatic hydroxyl groups is 1. The lowest BCUT2D eigenvalue weighted by molar-refractivity contribution is -0.146. The Kier molecular flexibility index (Phi) is 5.95. The highest BCUT2D eigenvalue weighted by molar-refractivity contribution is 8.26. The van der Waals surface area contributed by atoms with Gasteiger partial charge in [0.1, 0.15) is 4.32 Å². The van der Waals surface area contributed by atoms with Crippen molar-refractivity contribution in [1.29, 1.82) is 0 Å². The molecule has 5 nitrogen and oxygen atoms in total. The van der Waals surface area contributed by atoms with E-state index in [1.54, 1.807) is 6.08 Å². The number of nitrogens with zero attached hydrogens (tertiary/aromatic N) is 1. The Labute approximate surface area is 147 Å². The number of thiocarbonyl (C=S) groups is 1. The predicted octanol–water partition coefficient (Wildman–Crippen LogP) is 2.46. The Hall–Kier alpha value is -1.67. The molecule has 1 amide bonds. The van der Waals surface area contributed by atoms with E-state index in [1.807, 2.05) is 30.3 Å². The highest BCUT2D eigenvalue weighted by Crippen LogP contribution is 2.34. The molecule has 2 rings (SSSR count). The number of hydrogen-bond donors (Lipinski definition) is 2. The second-order valence-corrected chi connectivity index (χ2v) is 6.64. The fourth-order valence-corrected chi connectivity index (χ4v) is 3.54. The minimum absolute atomic E-state index is 0.0758. The van der Waals surface area contributed by atoms with E-state index in [2.05, 4.69) is 0 Å². The fourth-order valence-electron chi connectivity index (χ4n) is 1.89. The lowest BCUT2D eigenvalue weighted by atomic mass is 10.2. The molecule has 0 radical (unpaired) electrons. The summed E-state index contributed by atoms with van der Waals surface area (Å²) in [5.74, 6) is -1.91. The molecule has 1 aromatic carbocycles. The molecule has 0 aliphatic carbocycles. The second-order valence-electron chi connectivity index (χ2n) is 4.53. The summed E-state index contributed by atoms with van der Waals surface area (Å²) in [5, 5.41) is 18.5. The highest BCUT2D eigenvalue weighted by Gasteiger charge is 2.40. The quantitative estimate of drug-likeness (QED) is 0.613. The average Bonchev–Trinajstić information content (AvgIpc) is 2.76. The standard InChI is InChI=1S/C15H12ClNO4S2/c16-10(6-9-4-2-1-3-5-9)7-12-13(19)17(15(22)23-12)11(8-18)14(20)21/h1-7,11,18H,8H2,(H,20,21)/b10-6-,12-7-/t11-/m0/s1. The smallest absolute Gasteiger partial charge is 0.329 e. The first-order chi connectivity index (χ1) is 10.9. The maximum Gasteiger partial charge on any atom is 0.329 e. The van der Waals surface area contributed by atoms with Crippen molar-refractivity contribution in [2.24, 2.45) is 0 Å². The number of carbonyl (C=O) groups excluding carboxylic acids is 1. The van der Waals surface area contributed by atoms with Crippen molar-refractivity contribution in [2.45, 2.75) is 6.04 Å². The SMILES string of the molecule is O=C(O)[C@H](CO)N1C(=O)/C(=C/C(Cl)=C/c2ccccc2)SC1=S. The molecule has 23 heavy (non-hydrogen) atoms. The monoisotopic (exact) mass is 369 g/mol. The molecule has 1 saturated heterocycles. The largest absolute Gasteiger partial charge is 0.480 e. The summed E-state index contributed by atoms with van der Waals surface area (Å²) in [6.07, 6.45) is 3.11. The average molecular weight is 370 g/mol. The summed E-state index contributed by atoms with van der Waals surface area (Å²) in [5.41, 5.74) is 0.864. The van der Waals surface area contributed by atoms with Gasteiger partial charge in [-0.1, -0.05) is 65.9 Å². The third kappa shape index (κ3) is 4.20. The number of benzene rings is 1. The molecule has 0 spiro atoms. The van der Waals surface area contributed by atoms with Crippen LogP contribution in [0.3, 0.4) is 0 Å². The highest BCUT2D eigenvalue weighted by atomic mass is 35.5. The molecular weight excluding hydrogens is 358 g/mol. The molecule has 8 heteroatoms. The summed E-state index contributed by atoms with van der Waals surface area (Å²) >= 11 is 12.1. The Morgan fingerprint density at radius 3 is 2.61 bits per heavy atom. The van der Waals surface area contributed by atoms with Gasteiger partial charge in [0.15, 0.2) is 6.04 Å². The van der Waals surface area contributed by atoms with E-state index in [-0.39, 0.29) is 9.23 Å². The molecule has 0 unspecified atom stereocenters. The number of rotatable bonds is 5. The van der Waals surface area contributed by atoms with Crippen molar-refractivity contribution in [1.82, 2.24) is 4.90 Å². The van der Waals surface area contributed by atoms with Gasteiger partial charge in [-0.25, -0.2) is 4.79 Å². The second kappa shape index (κ2) is 7.74. The molecule has 0 bridgehead atoms. The van der Waals surface area contributed by atoms with Crippen molar-refractivity contribution in [3.8, 4) is 0 Å². The maximum atomic E-state index is 12.3. The van der Waals surface area contributed by atoms with Crippen molar-refractivity contribution in [3.63, 3.8) is 0 Å². The zero-order valence-electron chi connectivity index (χ0n) is 11.7. The molecule has 2 N–H and O–H groups in total. The zero-order valence-corrected chi connectivity index (χ0v) is 14.1. The number of aliphatic hydroxyl groups excluding tert-OH is 1. The lowest BCUT2D eigenvalue weighted by Gasteiger charge is -2.20. The van der Waals surface area contributed by atoms with Gasteiger partial charge in [0.05, 0.1) is 11.5 Å². The van der Waals surface area contributed by atoms with Gasteiger partial charge in [-0.05, 0) is 17.7 Å². The van der Waals surface area contributed by atoms with E-state index in [9.17, 15) is 9.59 Å². The summed E-state index contributed by atoms with van der Waals surface area (Å²) in [6.45, 7) is -0.720. The Bertz CT molecular complexity index is 703. The van der Waals surface area contributed by atoms with Crippen LogP contribution >= 0.6 is 35.6 Å². The first-order valence-electron chi connectivity index (χ1n) is 6.47. The zero-order chi connectivity index (χ0) is 17.0. The Morgan fingerprint density at radius 1 is 1.39 bits per heavy atom. The molecule has 1 fully saturated rings. The summed E-state index contributed by atoms with van der Waals surface area (Å²) < 4.78 is 0.0758. The van der Waals surface area contributed by atoms with E-state index >= 15 is 0 Å². The van der Waals surface area contributed by atoms with E-state index in [0.29, 0.717) is 5.03 Å². The molecule has 0 saturated carbocycles. The molecular formula is C15H12ClNO4S2. The number of amides is 1. The number of hydrogen-bond acceptors (Lipinski definition) is 5. The van der Waals surface area contributed by atoms with Gasteiger partial charge >= 0.3 is 5.97 Å². The number of aliphatic carboxylic acids is 1. The van der Waals surface area contributed by atoms with Gasteiger partial charge in [-0.3, -0.25) is 9.69 Å². The van der Waals surface area contributed by atoms with Crippen LogP contribution in [-0.4, -0.2) is 44.0 Å². The number of carbonyl (C=O) groups is 2. The first-order valence-corrected chi connectivity index (χ1v) is 8.07. The fraction of sp³-hybridized carbons (Fsp3) is 0.133. The molecule has 0 aromatic heterocycles. The number of halogens is 1. The maximum absolute atomic E-state index is 12.3. The predicted molar refractivity (Wildman–Crippen MR) is 93.9 cm³/mol. The van der Waals surface area contributed by atoms with Gasteiger partial charge in [0.2, 0.25) is 0 Å². The molecule has 1 aliphatic heterocycles. The van der Waals surface area contributed by atoms with Gasteiger partial charge in [0, 0.05) is 5.03 Å². The third-order valence-corrected chi connectivity index (χ3v) is 4.51. The van der Waals surface area contributed by atoms with E-state index < -0.39 is 24.5 Å². The Morgan fingerprint density at radius 2 is 2.04 bits per heavy atom. The van der Waals surface area contributed by atoms with E-state index in [1.165, 1.54) is 6.08 Å². The van der Waals surface area contributed by atoms with Gasteiger partial charge in [-0.15, -0.1) is 0 Å².